The van der Waals surface area contributed by atoms with Crippen molar-refractivity contribution in [2.75, 3.05) is 0 Å². The van der Waals surface area contributed by atoms with E-state index in [4.69, 9.17) is 6.42 Å². The molecule has 9 nitrogen and oxygen atoms in total. The summed E-state index contributed by atoms with van der Waals surface area (Å²) in [6.07, 6.45) is 8.18. The highest BCUT2D eigenvalue weighted by molar-refractivity contribution is 7.89. The quantitative estimate of drug-likeness (QED) is 0.365. The lowest BCUT2D eigenvalue weighted by molar-refractivity contribution is -0.115. The van der Waals surface area contributed by atoms with E-state index in [9.17, 15) is 22.4 Å². The number of carbonyl (C=O) groups is 2. The summed E-state index contributed by atoms with van der Waals surface area (Å²) in [5.74, 6) is -0.296. The van der Waals surface area contributed by atoms with E-state index in [0.717, 1.165) is 12.1 Å². The van der Waals surface area contributed by atoms with Crippen LogP contribution >= 0.6 is 0 Å². The highest BCUT2D eigenvalue weighted by Crippen LogP contribution is 2.15. The van der Waals surface area contributed by atoms with E-state index in [1.807, 2.05) is 10.8 Å². The van der Waals surface area contributed by atoms with Gasteiger partial charge in [0.15, 0.2) is 0 Å². The zero-order chi connectivity index (χ0) is 23.3. The first-order valence-electron chi connectivity index (χ1n) is 9.16. The summed E-state index contributed by atoms with van der Waals surface area (Å²) in [6, 6.07) is 9.60. The average molecular weight is 455 g/mol. The van der Waals surface area contributed by atoms with Crippen molar-refractivity contribution in [2.24, 2.45) is 0 Å². The predicted octanol–water partition coefficient (Wildman–Crippen LogP) is 1.19. The first kappa shape index (κ1) is 22.7. The molecule has 0 bridgehead atoms. The SMILES string of the molecule is C#CC(=O)NCc1cnn(-c2cc(C)cc(C(=O)NNS(=O)(=O)c3ccccc3F)c2)c1. The molecule has 1 aromatic heterocycles. The molecule has 3 aromatic rings. The lowest BCUT2D eigenvalue weighted by Gasteiger charge is -2.11. The van der Waals surface area contributed by atoms with Crippen molar-refractivity contribution in [3.05, 3.63) is 77.4 Å². The van der Waals surface area contributed by atoms with Gasteiger partial charge >= 0.3 is 0 Å². The van der Waals surface area contributed by atoms with Crippen LogP contribution in [0.25, 0.3) is 5.69 Å². The normalized spacial score (nSPS) is 10.9. The highest BCUT2D eigenvalue weighted by Gasteiger charge is 2.20. The van der Waals surface area contributed by atoms with Crippen LogP contribution in [0.15, 0.2) is 59.8 Å². The Morgan fingerprint density at radius 1 is 1.22 bits per heavy atom. The monoisotopic (exact) mass is 455 g/mol. The van der Waals surface area contributed by atoms with Gasteiger partial charge in [0.1, 0.15) is 10.7 Å². The van der Waals surface area contributed by atoms with Crippen LogP contribution in [0, 0.1) is 25.1 Å². The molecule has 32 heavy (non-hydrogen) atoms. The Labute approximate surface area is 183 Å². The molecule has 0 spiro atoms. The molecule has 2 amide bonds. The van der Waals surface area contributed by atoms with E-state index in [2.05, 4.69) is 15.8 Å². The topological polar surface area (TPSA) is 122 Å². The predicted molar refractivity (Wildman–Crippen MR) is 113 cm³/mol. The molecule has 0 fully saturated rings. The molecule has 0 aliphatic heterocycles. The molecular formula is C21H18FN5O4S. The summed E-state index contributed by atoms with van der Waals surface area (Å²) >= 11 is 0. The zero-order valence-corrected chi connectivity index (χ0v) is 17.6. The standard InChI is InChI=1S/C21H18FN5O4S/c1-3-20(28)23-11-15-12-24-27(13-15)17-9-14(2)8-16(10-17)21(29)25-26-32(30,31)19-7-5-4-6-18(19)22/h1,4-10,12-13,26H,11H2,2H3,(H,23,28)(H,25,29). The summed E-state index contributed by atoms with van der Waals surface area (Å²) in [5.41, 5.74) is 4.14. The van der Waals surface area contributed by atoms with Gasteiger partial charge in [0.05, 0.1) is 11.9 Å². The maximum absolute atomic E-state index is 13.8. The fourth-order valence-electron chi connectivity index (χ4n) is 2.76. The number of amides is 2. The van der Waals surface area contributed by atoms with E-state index in [0.29, 0.717) is 16.8 Å². The van der Waals surface area contributed by atoms with Crippen LogP contribution in [0.2, 0.25) is 0 Å². The molecule has 0 aliphatic carbocycles. The van der Waals surface area contributed by atoms with Gasteiger partial charge in [-0.2, -0.15) is 5.10 Å². The second-order valence-corrected chi connectivity index (χ2v) is 8.32. The summed E-state index contributed by atoms with van der Waals surface area (Å²) in [7, 11) is -4.30. The number of nitrogens with zero attached hydrogens (tertiary/aromatic N) is 2. The van der Waals surface area contributed by atoms with Crippen LogP contribution in [-0.4, -0.2) is 30.0 Å². The molecule has 0 aliphatic rings. The third-order valence-electron chi connectivity index (χ3n) is 4.23. The fourth-order valence-corrected chi connectivity index (χ4v) is 3.68. The Balaban J connectivity index is 1.75. The zero-order valence-electron chi connectivity index (χ0n) is 16.8. The Bertz CT molecular complexity index is 1330. The molecule has 3 N–H and O–H groups in total. The molecule has 11 heteroatoms. The molecule has 0 atom stereocenters. The molecule has 0 unspecified atom stereocenters. The summed E-state index contributed by atoms with van der Waals surface area (Å²) in [5, 5.41) is 6.71. The van der Waals surface area contributed by atoms with Crippen molar-refractivity contribution < 1.29 is 22.4 Å². The molecule has 0 radical (unpaired) electrons. The van der Waals surface area contributed by atoms with E-state index < -0.39 is 32.6 Å². The van der Waals surface area contributed by atoms with Crippen LogP contribution in [0.3, 0.4) is 0 Å². The van der Waals surface area contributed by atoms with Gasteiger partial charge in [0, 0.05) is 23.9 Å². The molecule has 164 valence electrons. The number of carbonyl (C=O) groups excluding carboxylic acids is 2. The second kappa shape index (κ2) is 9.42. The average Bonchev–Trinajstić information content (AvgIpc) is 3.24. The Morgan fingerprint density at radius 2 is 1.97 bits per heavy atom. The molecular weight excluding hydrogens is 437 g/mol. The van der Waals surface area contributed by atoms with Crippen molar-refractivity contribution in [2.45, 2.75) is 18.4 Å². The second-order valence-electron chi connectivity index (χ2n) is 6.67. The highest BCUT2D eigenvalue weighted by atomic mass is 32.2. The van der Waals surface area contributed by atoms with Crippen molar-refractivity contribution in [1.29, 1.82) is 0 Å². The van der Waals surface area contributed by atoms with Gasteiger partial charge in [-0.05, 0) is 48.7 Å². The van der Waals surface area contributed by atoms with Crippen molar-refractivity contribution in [1.82, 2.24) is 25.4 Å². The van der Waals surface area contributed by atoms with E-state index >= 15 is 0 Å². The van der Waals surface area contributed by atoms with Crippen LogP contribution < -0.4 is 15.6 Å². The lowest BCUT2D eigenvalue weighted by atomic mass is 10.1. The van der Waals surface area contributed by atoms with Crippen LogP contribution in [-0.2, 0) is 21.4 Å². The van der Waals surface area contributed by atoms with Crippen molar-refractivity contribution >= 4 is 21.8 Å². The van der Waals surface area contributed by atoms with E-state index in [1.54, 1.807) is 25.3 Å². The number of nitrogens with one attached hydrogen (secondary N) is 3. The van der Waals surface area contributed by atoms with Gasteiger partial charge < -0.3 is 5.32 Å². The number of hydrazine groups is 1. The Morgan fingerprint density at radius 3 is 2.69 bits per heavy atom. The van der Waals surface area contributed by atoms with Crippen LogP contribution in [0.1, 0.15) is 21.5 Å². The minimum Gasteiger partial charge on any atom is -0.341 e. The Hall–Kier alpha value is -4.01. The number of benzene rings is 2. The van der Waals surface area contributed by atoms with E-state index in [-0.39, 0.29) is 12.1 Å². The van der Waals surface area contributed by atoms with Gasteiger partial charge in [-0.3, -0.25) is 15.0 Å². The number of hydrogen-bond donors (Lipinski definition) is 3. The number of sulfonamides is 1. The minimum absolute atomic E-state index is 0.147. The van der Waals surface area contributed by atoms with Crippen LogP contribution in [0.4, 0.5) is 4.39 Å². The van der Waals surface area contributed by atoms with Crippen molar-refractivity contribution in [3.63, 3.8) is 0 Å². The third-order valence-corrected chi connectivity index (χ3v) is 5.52. The smallest absolute Gasteiger partial charge is 0.295 e. The molecule has 0 saturated carbocycles. The molecule has 0 saturated heterocycles. The summed E-state index contributed by atoms with van der Waals surface area (Å²) in [6.45, 7) is 1.93. The number of terminal acetylenes is 1. The lowest BCUT2D eigenvalue weighted by Crippen LogP contribution is -2.41. The van der Waals surface area contributed by atoms with Gasteiger partial charge in [-0.25, -0.2) is 17.5 Å². The van der Waals surface area contributed by atoms with Gasteiger partial charge in [0.25, 0.3) is 21.8 Å². The Kier molecular flexibility index (Phi) is 6.67. The number of aromatic nitrogens is 2. The third kappa shape index (κ3) is 5.37. The molecule has 1 heterocycles. The minimum atomic E-state index is -4.30. The van der Waals surface area contributed by atoms with Crippen LogP contribution in [0.5, 0.6) is 0 Å². The molecule has 2 aromatic carbocycles. The first-order chi connectivity index (χ1) is 15.2. The van der Waals surface area contributed by atoms with Gasteiger partial charge in [-0.15, -0.1) is 11.3 Å². The maximum Gasteiger partial charge on any atom is 0.295 e. The van der Waals surface area contributed by atoms with E-state index in [1.165, 1.54) is 29.1 Å². The number of hydrogen-bond acceptors (Lipinski definition) is 5. The summed E-state index contributed by atoms with van der Waals surface area (Å²) in [4.78, 5) is 25.0. The fraction of sp³-hybridized carbons (Fsp3) is 0.0952. The summed E-state index contributed by atoms with van der Waals surface area (Å²) < 4.78 is 39.8. The number of aryl methyl sites for hydroxylation is 1. The number of rotatable bonds is 7. The first-order valence-corrected chi connectivity index (χ1v) is 10.6. The largest absolute Gasteiger partial charge is 0.341 e. The van der Waals surface area contributed by atoms with Gasteiger partial charge in [-0.1, -0.05) is 12.1 Å². The molecule has 3 rings (SSSR count). The maximum atomic E-state index is 13.8. The van der Waals surface area contributed by atoms with Gasteiger partial charge in [0.2, 0.25) is 0 Å². The van der Waals surface area contributed by atoms with Crippen molar-refractivity contribution in [3.8, 4) is 18.0 Å². The number of halogens is 1.